The molecule has 2 aromatic carbocycles. The van der Waals surface area contributed by atoms with E-state index in [2.05, 4.69) is 34.2 Å². The predicted molar refractivity (Wildman–Crippen MR) is 94.8 cm³/mol. The van der Waals surface area contributed by atoms with Gasteiger partial charge in [-0.2, -0.15) is 0 Å². The van der Waals surface area contributed by atoms with Gasteiger partial charge < -0.3 is 0 Å². The molecule has 4 nitrogen and oxygen atoms in total. The summed E-state index contributed by atoms with van der Waals surface area (Å²) < 4.78 is 1.71. The van der Waals surface area contributed by atoms with E-state index in [0.717, 1.165) is 22.2 Å². The van der Waals surface area contributed by atoms with E-state index in [4.69, 9.17) is 0 Å². The fraction of sp³-hybridized carbons (Fsp3) is 0.0500. The number of nitrogens with zero attached hydrogens (tertiary/aromatic N) is 3. The zero-order valence-corrected chi connectivity index (χ0v) is 13.0. The van der Waals surface area contributed by atoms with Crippen LogP contribution in [0.15, 0.2) is 83.9 Å². The summed E-state index contributed by atoms with van der Waals surface area (Å²) in [6.45, 7) is 0.490. The van der Waals surface area contributed by atoms with E-state index in [1.54, 1.807) is 10.8 Å². The molecule has 0 amide bonds. The summed E-state index contributed by atoms with van der Waals surface area (Å²) in [7, 11) is 0. The Hall–Kier alpha value is -3.27. The highest BCUT2D eigenvalue weighted by atomic mass is 16.1. The van der Waals surface area contributed by atoms with Crippen LogP contribution in [0.3, 0.4) is 0 Å². The Balaban J connectivity index is 1.77. The molecule has 4 rings (SSSR count). The molecular weight excluding hydrogens is 298 g/mol. The number of pyridine rings is 1. The monoisotopic (exact) mass is 313 g/mol. The summed E-state index contributed by atoms with van der Waals surface area (Å²) in [5.74, 6) is 0. The second-order valence-electron chi connectivity index (χ2n) is 5.60. The zero-order chi connectivity index (χ0) is 16.4. The van der Waals surface area contributed by atoms with Crippen LogP contribution >= 0.6 is 0 Å². The summed E-state index contributed by atoms with van der Waals surface area (Å²) in [4.78, 5) is 20.6. The van der Waals surface area contributed by atoms with Gasteiger partial charge in [0, 0.05) is 6.20 Å². The van der Waals surface area contributed by atoms with Gasteiger partial charge in [-0.25, -0.2) is 9.97 Å². The molecule has 0 radical (unpaired) electrons. The third-order valence-corrected chi connectivity index (χ3v) is 3.99. The van der Waals surface area contributed by atoms with Gasteiger partial charge in [-0.3, -0.25) is 9.36 Å². The molecule has 0 aliphatic heterocycles. The van der Waals surface area contributed by atoms with Crippen molar-refractivity contribution in [2.24, 2.45) is 0 Å². The van der Waals surface area contributed by atoms with Crippen LogP contribution in [0, 0.1) is 0 Å². The van der Waals surface area contributed by atoms with Crippen LogP contribution in [0.4, 0.5) is 0 Å². The van der Waals surface area contributed by atoms with Gasteiger partial charge in [-0.05, 0) is 34.9 Å². The number of hydrogen-bond donors (Lipinski definition) is 0. The minimum atomic E-state index is -0.124. The summed E-state index contributed by atoms with van der Waals surface area (Å²) in [5, 5.41) is 0. The van der Waals surface area contributed by atoms with Crippen LogP contribution in [0.25, 0.3) is 22.3 Å². The maximum absolute atomic E-state index is 12.3. The summed E-state index contributed by atoms with van der Waals surface area (Å²) in [6, 6.07) is 22.1. The number of rotatable bonds is 3. The first kappa shape index (κ1) is 14.3. The third kappa shape index (κ3) is 2.70. The lowest BCUT2D eigenvalue weighted by atomic mass is 10.0. The number of aromatic nitrogens is 3. The first-order chi connectivity index (χ1) is 11.8. The van der Waals surface area contributed by atoms with E-state index in [0.29, 0.717) is 12.2 Å². The largest absolute Gasteiger partial charge is 0.300 e. The van der Waals surface area contributed by atoms with Crippen LogP contribution in [-0.4, -0.2) is 14.5 Å². The standard InChI is InChI=1S/C20H15N3O/c24-19-13-22-20-18(10-5-11-21-20)23(19)14-15-6-4-9-17(12-15)16-7-2-1-3-8-16/h1-13H,14H2. The van der Waals surface area contributed by atoms with Crippen molar-refractivity contribution in [1.29, 1.82) is 0 Å². The molecule has 4 aromatic rings. The van der Waals surface area contributed by atoms with E-state index >= 15 is 0 Å². The van der Waals surface area contributed by atoms with Crippen molar-refractivity contribution in [2.45, 2.75) is 6.54 Å². The van der Waals surface area contributed by atoms with Crippen LogP contribution in [-0.2, 0) is 6.54 Å². The van der Waals surface area contributed by atoms with Crippen LogP contribution in [0.1, 0.15) is 5.56 Å². The molecule has 0 aliphatic carbocycles. The molecule has 0 atom stereocenters. The highest BCUT2D eigenvalue weighted by molar-refractivity contribution is 5.69. The average molecular weight is 313 g/mol. The van der Waals surface area contributed by atoms with Crippen LogP contribution < -0.4 is 5.56 Å². The van der Waals surface area contributed by atoms with Crippen LogP contribution in [0.2, 0.25) is 0 Å². The highest BCUT2D eigenvalue weighted by Crippen LogP contribution is 2.20. The van der Waals surface area contributed by atoms with Crippen molar-refractivity contribution in [1.82, 2.24) is 14.5 Å². The maximum atomic E-state index is 12.3. The van der Waals surface area contributed by atoms with Gasteiger partial charge in [0.15, 0.2) is 5.65 Å². The first-order valence-electron chi connectivity index (χ1n) is 7.76. The molecule has 0 unspecified atom stereocenters. The summed E-state index contributed by atoms with van der Waals surface area (Å²) in [6.07, 6.45) is 3.01. The van der Waals surface area contributed by atoms with Gasteiger partial charge in [0.05, 0.1) is 18.3 Å². The smallest absolute Gasteiger partial charge is 0.269 e. The van der Waals surface area contributed by atoms with Gasteiger partial charge >= 0.3 is 0 Å². The molecular formula is C20H15N3O. The number of fused-ring (bicyclic) bond motifs is 1. The zero-order valence-electron chi connectivity index (χ0n) is 13.0. The van der Waals surface area contributed by atoms with Gasteiger partial charge in [0.1, 0.15) is 0 Å². The van der Waals surface area contributed by atoms with Crippen molar-refractivity contribution in [3.05, 3.63) is 95.0 Å². The van der Waals surface area contributed by atoms with E-state index in [-0.39, 0.29) is 5.56 Å². The van der Waals surface area contributed by atoms with Gasteiger partial charge in [-0.1, -0.05) is 48.5 Å². The minimum Gasteiger partial charge on any atom is -0.300 e. The SMILES string of the molecule is O=c1cnc2ncccc2n1Cc1cccc(-c2ccccc2)c1. The van der Waals surface area contributed by atoms with Gasteiger partial charge in [0.25, 0.3) is 5.56 Å². The summed E-state index contributed by atoms with van der Waals surface area (Å²) in [5.41, 5.74) is 4.56. The fourth-order valence-corrected chi connectivity index (χ4v) is 2.83. The Labute approximate surface area is 139 Å². The Morgan fingerprint density at radius 1 is 0.833 bits per heavy atom. The first-order valence-corrected chi connectivity index (χ1v) is 7.76. The average Bonchev–Trinajstić information content (AvgIpc) is 2.65. The molecule has 0 bridgehead atoms. The fourth-order valence-electron chi connectivity index (χ4n) is 2.83. The van der Waals surface area contributed by atoms with Crippen LogP contribution in [0.5, 0.6) is 0 Å². The second-order valence-corrected chi connectivity index (χ2v) is 5.60. The molecule has 0 saturated carbocycles. The maximum Gasteiger partial charge on any atom is 0.269 e. The number of benzene rings is 2. The molecule has 2 aromatic heterocycles. The van der Waals surface area contributed by atoms with E-state index in [1.165, 1.54) is 6.20 Å². The summed E-state index contributed by atoms with van der Waals surface area (Å²) >= 11 is 0. The normalized spacial score (nSPS) is 10.8. The van der Waals surface area contributed by atoms with E-state index in [1.807, 2.05) is 42.5 Å². The number of hydrogen-bond acceptors (Lipinski definition) is 3. The third-order valence-electron chi connectivity index (χ3n) is 3.99. The molecule has 0 N–H and O–H groups in total. The predicted octanol–water partition coefficient (Wildman–Crippen LogP) is 3.51. The van der Waals surface area contributed by atoms with Crippen molar-refractivity contribution >= 4 is 11.2 Å². The minimum absolute atomic E-state index is 0.124. The van der Waals surface area contributed by atoms with E-state index < -0.39 is 0 Å². The topological polar surface area (TPSA) is 47.8 Å². The van der Waals surface area contributed by atoms with Gasteiger partial charge in [-0.15, -0.1) is 0 Å². The second kappa shape index (κ2) is 6.08. The quantitative estimate of drug-likeness (QED) is 0.581. The molecule has 0 aliphatic rings. The molecule has 0 fully saturated rings. The molecule has 0 spiro atoms. The lowest BCUT2D eigenvalue weighted by molar-refractivity contribution is 0.784. The van der Waals surface area contributed by atoms with Gasteiger partial charge in [0.2, 0.25) is 0 Å². The molecule has 24 heavy (non-hydrogen) atoms. The van der Waals surface area contributed by atoms with Crippen molar-refractivity contribution < 1.29 is 0 Å². The lowest BCUT2D eigenvalue weighted by Crippen LogP contribution is -2.21. The Morgan fingerprint density at radius 2 is 1.67 bits per heavy atom. The van der Waals surface area contributed by atoms with Crippen molar-refractivity contribution in [2.75, 3.05) is 0 Å². The molecule has 2 heterocycles. The molecule has 4 heteroatoms. The van der Waals surface area contributed by atoms with Crippen molar-refractivity contribution in [3.8, 4) is 11.1 Å². The molecule has 0 saturated heterocycles. The van der Waals surface area contributed by atoms with Crippen molar-refractivity contribution in [3.63, 3.8) is 0 Å². The Kier molecular flexibility index (Phi) is 3.63. The Morgan fingerprint density at radius 3 is 2.54 bits per heavy atom. The highest BCUT2D eigenvalue weighted by Gasteiger charge is 2.06. The lowest BCUT2D eigenvalue weighted by Gasteiger charge is -2.10. The Bertz CT molecular complexity index is 1050. The molecule has 116 valence electrons. The van der Waals surface area contributed by atoms with E-state index in [9.17, 15) is 4.79 Å².